The molecule has 0 radical (unpaired) electrons. The molecule has 0 atom stereocenters. The lowest BCUT2D eigenvalue weighted by Gasteiger charge is -2.07. The van der Waals surface area contributed by atoms with Crippen LogP contribution in [0.25, 0.3) is 11.3 Å². The van der Waals surface area contributed by atoms with Crippen LogP contribution in [0.4, 0.5) is 11.4 Å². The molecule has 0 aliphatic carbocycles. The lowest BCUT2D eigenvalue weighted by atomic mass is 10.0. The quantitative estimate of drug-likeness (QED) is 0.269. The van der Waals surface area contributed by atoms with Gasteiger partial charge in [0.2, 0.25) is 0 Å². The van der Waals surface area contributed by atoms with Gasteiger partial charge in [0.25, 0.3) is 5.69 Å². The van der Waals surface area contributed by atoms with E-state index in [1.807, 2.05) is 12.1 Å². The van der Waals surface area contributed by atoms with Crippen molar-refractivity contribution in [2.45, 2.75) is 19.8 Å². The second-order valence-corrected chi connectivity index (χ2v) is 6.94. The van der Waals surface area contributed by atoms with E-state index in [2.05, 4.69) is 29.7 Å². The van der Waals surface area contributed by atoms with Crippen LogP contribution in [0.2, 0.25) is 0 Å². The van der Waals surface area contributed by atoms with E-state index in [4.69, 9.17) is 4.42 Å². The van der Waals surface area contributed by atoms with Crippen molar-refractivity contribution >= 4 is 29.4 Å². The highest BCUT2D eigenvalue weighted by atomic mass is 16.6. The molecule has 9 nitrogen and oxygen atoms in total. The van der Waals surface area contributed by atoms with Gasteiger partial charge in [-0.1, -0.05) is 38.1 Å². The van der Waals surface area contributed by atoms with Crippen LogP contribution < -0.4 is 10.7 Å². The van der Waals surface area contributed by atoms with Gasteiger partial charge in [-0.3, -0.25) is 19.7 Å². The van der Waals surface area contributed by atoms with Gasteiger partial charge in [-0.05, 0) is 35.7 Å². The van der Waals surface area contributed by atoms with Gasteiger partial charge in [-0.2, -0.15) is 5.10 Å². The van der Waals surface area contributed by atoms with Crippen LogP contribution in [-0.2, 0) is 9.59 Å². The first-order valence-corrected chi connectivity index (χ1v) is 9.42. The third-order valence-electron chi connectivity index (χ3n) is 4.37. The first-order chi connectivity index (χ1) is 14.8. The molecule has 0 fully saturated rings. The number of carbonyl (C=O) groups is 2. The summed E-state index contributed by atoms with van der Waals surface area (Å²) in [5.74, 6) is -0.729. The fourth-order valence-electron chi connectivity index (χ4n) is 2.69. The second kappa shape index (κ2) is 9.49. The molecular formula is C22H20N4O5. The Morgan fingerprint density at radius 2 is 1.81 bits per heavy atom. The number of hydrogen-bond acceptors (Lipinski definition) is 6. The number of nitro benzene ring substituents is 1. The molecule has 2 N–H and O–H groups in total. The van der Waals surface area contributed by atoms with Crippen molar-refractivity contribution < 1.29 is 18.9 Å². The largest absolute Gasteiger partial charge is 0.455 e. The van der Waals surface area contributed by atoms with Crippen molar-refractivity contribution in [2.75, 3.05) is 5.32 Å². The SMILES string of the molecule is CC(C)c1ccc(NC(=O)C(=O)N/N=C\c2ccc(-c3cccc([N+](=O)[O-])c3)o2)cc1. The Labute approximate surface area is 177 Å². The van der Waals surface area contributed by atoms with Gasteiger partial charge in [0.05, 0.1) is 11.1 Å². The molecule has 0 saturated carbocycles. The number of nitrogens with zero attached hydrogens (tertiary/aromatic N) is 2. The molecule has 0 saturated heterocycles. The van der Waals surface area contributed by atoms with E-state index in [1.165, 1.54) is 18.3 Å². The van der Waals surface area contributed by atoms with Crippen molar-refractivity contribution in [1.82, 2.24) is 5.43 Å². The number of carbonyl (C=O) groups excluding carboxylic acids is 2. The number of hydrogen-bond donors (Lipinski definition) is 2. The Kier molecular flexibility index (Phi) is 6.56. The van der Waals surface area contributed by atoms with E-state index in [1.54, 1.807) is 36.4 Å². The first-order valence-electron chi connectivity index (χ1n) is 9.42. The predicted octanol–water partition coefficient (Wildman–Crippen LogP) is 4.07. The van der Waals surface area contributed by atoms with Crippen LogP contribution >= 0.6 is 0 Å². The Morgan fingerprint density at radius 1 is 1.06 bits per heavy atom. The predicted molar refractivity (Wildman–Crippen MR) is 116 cm³/mol. The molecule has 1 aromatic heterocycles. The monoisotopic (exact) mass is 420 g/mol. The topological polar surface area (TPSA) is 127 Å². The zero-order valence-corrected chi connectivity index (χ0v) is 16.9. The Bertz CT molecular complexity index is 1130. The average Bonchev–Trinajstić information content (AvgIpc) is 3.23. The zero-order valence-electron chi connectivity index (χ0n) is 16.9. The van der Waals surface area contributed by atoms with Crippen molar-refractivity contribution in [1.29, 1.82) is 0 Å². The van der Waals surface area contributed by atoms with E-state index in [0.29, 0.717) is 28.7 Å². The van der Waals surface area contributed by atoms with Crippen LogP contribution in [0.1, 0.15) is 31.1 Å². The fraction of sp³-hybridized carbons (Fsp3) is 0.136. The minimum atomic E-state index is -0.936. The molecule has 9 heteroatoms. The van der Waals surface area contributed by atoms with Crippen LogP contribution in [0.3, 0.4) is 0 Å². The second-order valence-electron chi connectivity index (χ2n) is 6.94. The normalized spacial score (nSPS) is 10.9. The standard InChI is InChI=1S/C22H20N4O5/c1-14(2)15-6-8-17(9-7-15)24-21(27)22(28)25-23-13-19-10-11-20(31-19)16-4-3-5-18(12-16)26(29)30/h3-14H,1-2H3,(H,24,27)(H,25,28)/b23-13-. The summed E-state index contributed by atoms with van der Waals surface area (Å²) in [5.41, 5.74) is 4.22. The number of nitrogens with one attached hydrogen (secondary N) is 2. The molecule has 1 heterocycles. The molecular weight excluding hydrogens is 400 g/mol. The Balaban J connectivity index is 1.56. The lowest BCUT2D eigenvalue weighted by Crippen LogP contribution is -2.32. The van der Waals surface area contributed by atoms with Gasteiger partial charge in [0.1, 0.15) is 11.5 Å². The molecule has 2 aromatic carbocycles. The minimum Gasteiger partial charge on any atom is -0.455 e. The Morgan fingerprint density at radius 3 is 2.48 bits per heavy atom. The van der Waals surface area contributed by atoms with Gasteiger partial charge in [-0.15, -0.1) is 0 Å². The maximum atomic E-state index is 12.0. The first kappa shape index (κ1) is 21.4. The van der Waals surface area contributed by atoms with E-state index in [-0.39, 0.29) is 5.69 Å². The number of non-ortho nitro benzene ring substituents is 1. The summed E-state index contributed by atoms with van der Waals surface area (Å²) in [6.07, 6.45) is 1.23. The number of hydrazone groups is 1. The number of anilines is 1. The van der Waals surface area contributed by atoms with Crippen molar-refractivity contribution in [2.24, 2.45) is 5.10 Å². The summed E-state index contributed by atoms with van der Waals surface area (Å²) in [7, 11) is 0. The highest BCUT2D eigenvalue weighted by molar-refractivity contribution is 6.39. The summed E-state index contributed by atoms with van der Waals surface area (Å²) >= 11 is 0. The number of rotatable bonds is 6. The molecule has 31 heavy (non-hydrogen) atoms. The number of benzene rings is 2. The lowest BCUT2D eigenvalue weighted by molar-refractivity contribution is -0.384. The van der Waals surface area contributed by atoms with Gasteiger partial charge >= 0.3 is 11.8 Å². The van der Waals surface area contributed by atoms with Crippen LogP contribution in [0, 0.1) is 10.1 Å². The number of amides is 2. The van der Waals surface area contributed by atoms with Gasteiger partial charge in [0, 0.05) is 23.4 Å². The van der Waals surface area contributed by atoms with Crippen molar-refractivity contribution in [3.63, 3.8) is 0 Å². The molecule has 3 aromatic rings. The molecule has 158 valence electrons. The van der Waals surface area contributed by atoms with Crippen LogP contribution in [0.15, 0.2) is 70.2 Å². The average molecular weight is 420 g/mol. The number of nitro groups is 1. The Hall–Kier alpha value is -4.27. The summed E-state index contributed by atoms with van der Waals surface area (Å²) < 4.78 is 5.55. The van der Waals surface area contributed by atoms with E-state index >= 15 is 0 Å². The van der Waals surface area contributed by atoms with E-state index in [0.717, 1.165) is 5.56 Å². The van der Waals surface area contributed by atoms with Gasteiger partial charge in [0.15, 0.2) is 0 Å². The summed E-state index contributed by atoms with van der Waals surface area (Å²) in [4.78, 5) is 34.3. The van der Waals surface area contributed by atoms with Crippen LogP contribution in [0.5, 0.6) is 0 Å². The summed E-state index contributed by atoms with van der Waals surface area (Å²) in [5, 5.41) is 17.1. The van der Waals surface area contributed by atoms with Crippen molar-refractivity contribution in [3.05, 3.63) is 82.1 Å². The van der Waals surface area contributed by atoms with Gasteiger partial charge in [-0.25, -0.2) is 5.43 Å². The van der Waals surface area contributed by atoms with E-state index in [9.17, 15) is 19.7 Å². The van der Waals surface area contributed by atoms with E-state index < -0.39 is 16.7 Å². The molecule has 0 bridgehead atoms. The zero-order chi connectivity index (χ0) is 22.4. The van der Waals surface area contributed by atoms with Crippen LogP contribution in [-0.4, -0.2) is 23.0 Å². The molecule has 0 spiro atoms. The highest BCUT2D eigenvalue weighted by Crippen LogP contribution is 2.25. The molecule has 0 aliphatic rings. The highest BCUT2D eigenvalue weighted by Gasteiger charge is 2.13. The molecule has 3 rings (SSSR count). The molecule has 0 unspecified atom stereocenters. The fourth-order valence-corrected chi connectivity index (χ4v) is 2.69. The maximum absolute atomic E-state index is 12.0. The molecule has 0 aliphatic heterocycles. The maximum Gasteiger partial charge on any atom is 0.329 e. The summed E-state index contributed by atoms with van der Waals surface area (Å²) in [6, 6.07) is 16.4. The third-order valence-corrected chi connectivity index (χ3v) is 4.37. The third kappa shape index (κ3) is 5.63. The minimum absolute atomic E-state index is 0.0544. The summed E-state index contributed by atoms with van der Waals surface area (Å²) in [6.45, 7) is 4.12. The smallest absolute Gasteiger partial charge is 0.329 e. The van der Waals surface area contributed by atoms with Gasteiger partial charge < -0.3 is 9.73 Å². The van der Waals surface area contributed by atoms with Crippen molar-refractivity contribution in [3.8, 4) is 11.3 Å². The molecule has 2 amide bonds. The number of furan rings is 1.